The Kier molecular flexibility index (Phi) is 7.00. The Hall–Kier alpha value is -1.43. The Morgan fingerprint density at radius 3 is 2.27 bits per heavy atom. The smallest absolute Gasteiger partial charge is 0.178 e. The third-order valence-electron chi connectivity index (χ3n) is 3.58. The lowest BCUT2D eigenvalue weighted by Crippen LogP contribution is -2.23. The van der Waals surface area contributed by atoms with Crippen molar-refractivity contribution in [3.8, 4) is 0 Å². The van der Waals surface area contributed by atoms with Gasteiger partial charge in [0.05, 0.1) is 10.6 Å². The Morgan fingerprint density at radius 2 is 1.77 bits per heavy atom. The Morgan fingerprint density at radius 1 is 1.18 bits per heavy atom. The Balaban J connectivity index is 3.63. The molecule has 0 aliphatic carbocycles. The summed E-state index contributed by atoms with van der Waals surface area (Å²) < 4.78 is 25.0. The first-order valence-corrected chi connectivity index (χ1v) is 9.12. The SMILES string of the molecule is C=CCc1c(C(N)CN)ccc(S(=O)(=O)CCC)c1CC=C. The lowest BCUT2D eigenvalue weighted by molar-refractivity contribution is 0.593. The highest BCUT2D eigenvalue weighted by atomic mass is 32.2. The third-order valence-corrected chi connectivity index (χ3v) is 5.58. The van der Waals surface area contributed by atoms with Gasteiger partial charge in [0, 0.05) is 12.6 Å². The van der Waals surface area contributed by atoms with Crippen molar-refractivity contribution in [2.24, 2.45) is 11.5 Å². The zero-order valence-corrected chi connectivity index (χ0v) is 14.0. The van der Waals surface area contributed by atoms with E-state index in [1.807, 2.05) is 6.92 Å². The van der Waals surface area contributed by atoms with Crippen molar-refractivity contribution in [1.82, 2.24) is 0 Å². The largest absolute Gasteiger partial charge is 0.329 e. The van der Waals surface area contributed by atoms with Crippen molar-refractivity contribution in [3.63, 3.8) is 0 Å². The van der Waals surface area contributed by atoms with Crippen LogP contribution in [0.3, 0.4) is 0 Å². The molecule has 0 radical (unpaired) electrons. The van der Waals surface area contributed by atoms with Gasteiger partial charge in [0.2, 0.25) is 0 Å². The van der Waals surface area contributed by atoms with Crippen molar-refractivity contribution in [1.29, 1.82) is 0 Å². The van der Waals surface area contributed by atoms with Crippen molar-refractivity contribution in [2.75, 3.05) is 12.3 Å². The third kappa shape index (κ3) is 4.06. The van der Waals surface area contributed by atoms with Crippen molar-refractivity contribution in [2.45, 2.75) is 37.1 Å². The standard InChI is InChI=1S/C17H26N2O2S/c1-4-7-13-14(16(19)12-18)9-10-17(15(13)8-5-2)22(20,21)11-6-3/h4-5,9-10,16H,1-2,6-8,11-12,18-19H2,3H3. The molecule has 0 spiro atoms. The normalized spacial score (nSPS) is 12.9. The molecule has 1 rings (SSSR count). The summed E-state index contributed by atoms with van der Waals surface area (Å²) in [5.41, 5.74) is 14.3. The molecule has 0 bridgehead atoms. The molecule has 4 nitrogen and oxygen atoms in total. The first kappa shape index (κ1) is 18.6. The van der Waals surface area contributed by atoms with Crippen LogP contribution in [0, 0.1) is 0 Å². The van der Waals surface area contributed by atoms with Crippen molar-refractivity contribution in [3.05, 3.63) is 54.1 Å². The van der Waals surface area contributed by atoms with E-state index in [-0.39, 0.29) is 11.8 Å². The molecule has 0 fully saturated rings. The van der Waals surface area contributed by atoms with Crippen LogP contribution in [0.4, 0.5) is 0 Å². The fourth-order valence-electron chi connectivity index (χ4n) is 2.59. The summed E-state index contributed by atoms with van der Waals surface area (Å²) in [6.45, 7) is 9.67. The summed E-state index contributed by atoms with van der Waals surface area (Å²) >= 11 is 0. The number of nitrogens with two attached hydrogens (primary N) is 2. The lowest BCUT2D eigenvalue weighted by Gasteiger charge is -2.20. The average molecular weight is 322 g/mol. The van der Waals surface area contributed by atoms with E-state index in [2.05, 4.69) is 13.2 Å². The number of rotatable bonds is 9. The summed E-state index contributed by atoms with van der Waals surface area (Å²) in [6.07, 6.45) is 5.08. The van der Waals surface area contributed by atoms with Crippen LogP contribution in [-0.2, 0) is 22.7 Å². The zero-order valence-electron chi connectivity index (χ0n) is 13.2. The fraction of sp³-hybridized carbons (Fsp3) is 0.412. The van der Waals surface area contributed by atoms with Gasteiger partial charge in [-0.25, -0.2) is 8.42 Å². The van der Waals surface area contributed by atoms with E-state index < -0.39 is 9.84 Å². The number of sulfone groups is 1. The maximum absolute atomic E-state index is 12.5. The maximum atomic E-state index is 12.5. The van der Waals surface area contributed by atoms with Crippen molar-refractivity contribution >= 4 is 9.84 Å². The van der Waals surface area contributed by atoms with Gasteiger partial charge in [-0.05, 0) is 42.0 Å². The van der Waals surface area contributed by atoms with E-state index in [0.29, 0.717) is 30.7 Å². The van der Waals surface area contributed by atoms with Gasteiger partial charge in [0.1, 0.15) is 0 Å². The van der Waals surface area contributed by atoms with Gasteiger partial charge in [-0.3, -0.25) is 0 Å². The highest BCUT2D eigenvalue weighted by molar-refractivity contribution is 7.91. The zero-order chi connectivity index (χ0) is 16.8. The molecule has 1 atom stereocenters. The van der Waals surface area contributed by atoms with Crippen LogP contribution in [0.2, 0.25) is 0 Å². The lowest BCUT2D eigenvalue weighted by atomic mass is 9.92. The molecular weight excluding hydrogens is 296 g/mol. The molecule has 0 heterocycles. The van der Waals surface area contributed by atoms with Crippen molar-refractivity contribution < 1.29 is 8.42 Å². The van der Waals surface area contributed by atoms with E-state index in [1.54, 1.807) is 24.3 Å². The molecule has 0 saturated heterocycles. The summed E-state index contributed by atoms with van der Waals surface area (Å²) in [4.78, 5) is 0.374. The van der Waals surface area contributed by atoms with Crippen LogP contribution in [-0.4, -0.2) is 20.7 Å². The molecule has 0 amide bonds. The second kappa shape index (κ2) is 8.27. The second-order valence-electron chi connectivity index (χ2n) is 5.26. The summed E-state index contributed by atoms with van der Waals surface area (Å²) in [5, 5.41) is 0. The van der Waals surface area contributed by atoms with Gasteiger partial charge in [0.25, 0.3) is 0 Å². The highest BCUT2D eigenvalue weighted by Crippen LogP contribution is 2.29. The molecule has 1 aromatic carbocycles. The summed E-state index contributed by atoms with van der Waals surface area (Å²) in [6, 6.07) is 3.12. The van der Waals surface area contributed by atoms with Gasteiger partial charge < -0.3 is 11.5 Å². The van der Waals surface area contributed by atoms with Crippen LogP contribution < -0.4 is 11.5 Å². The van der Waals surface area contributed by atoms with E-state index in [9.17, 15) is 8.42 Å². The molecule has 0 saturated carbocycles. The molecule has 5 heteroatoms. The first-order chi connectivity index (χ1) is 10.4. The molecule has 1 unspecified atom stereocenters. The molecule has 0 aliphatic heterocycles. The molecule has 22 heavy (non-hydrogen) atoms. The number of hydrogen-bond donors (Lipinski definition) is 2. The minimum Gasteiger partial charge on any atom is -0.329 e. The van der Waals surface area contributed by atoms with E-state index >= 15 is 0 Å². The minimum atomic E-state index is -3.31. The van der Waals surface area contributed by atoms with Gasteiger partial charge in [-0.2, -0.15) is 0 Å². The number of allylic oxidation sites excluding steroid dienone is 2. The van der Waals surface area contributed by atoms with Crippen LogP contribution in [0.1, 0.15) is 36.1 Å². The van der Waals surface area contributed by atoms with Crippen LogP contribution in [0.25, 0.3) is 0 Å². The van der Waals surface area contributed by atoms with Gasteiger partial charge in [-0.1, -0.05) is 25.1 Å². The van der Waals surface area contributed by atoms with Gasteiger partial charge in [-0.15, -0.1) is 13.2 Å². The second-order valence-corrected chi connectivity index (χ2v) is 7.33. The van der Waals surface area contributed by atoms with E-state index in [0.717, 1.165) is 16.7 Å². The van der Waals surface area contributed by atoms with E-state index in [1.165, 1.54) is 0 Å². The van der Waals surface area contributed by atoms with Crippen LogP contribution in [0.15, 0.2) is 42.3 Å². The number of benzene rings is 1. The molecule has 4 N–H and O–H groups in total. The Labute approximate surface area is 133 Å². The van der Waals surface area contributed by atoms with Gasteiger partial charge in [0.15, 0.2) is 9.84 Å². The molecule has 122 valence electrons. The average Bonchev–Trinajstić information content (AvgIpc) is 2.48. The monoisotopic (exact) mass is 322 g/mol. The first-order valence-electron chi connectivity index (χ1n) is 7.47. The summed E-state index contributed by atoms with van der Waals surface area (Å²) in [7, 11) is -3.31. The Bertz CT molecular complexity index is 636. The summed E-state index contributed by atoms with van der Waals surface area (Å²) in [5.74, 6) is 0.132. The molecule has 1 aromatic rings. The fourth-order valence-corrected chi connectivity index (χ4v) is 4.20. The van der Waals surface area contributed by atoms with Crippen LogP contribution in [0.5, 0.6) is 0 Å². The highest BCUT2D eigenvalue weighted by Gasteiger charge is 2.22. The van der Waals surface area contributed by atoms with E-state index in [4.69, 9.17) is 11.5 Å². The molecular formula is C17H26N2O2S. The number of hydrogen-bond acceptors (Lipinski definition) is 4. The predicted octanol–water partition coefficient (Wildman–Crippen LogP) is 2.29. The van der Waals surface area contributed by atoms with Gasteiger partial charge >= 0.3 is 0 Å². The molecule has 0 aliphatic rings. The minimum absolute atomic E-state index is 0.132. The molecule has 0 aromatic heterocycles. The topological polar surface area (TPSA) is 86.2 Å². The van der Waals surface area contributed by atoms with Crippen LogP contribution >= 0.6 is 0 Å². The predicted molar refractivity (Wildman–Crippen MR) is 92.6 cm³/mol. The quantitative estimate of drug-likeness (QED) is 0.683. The maximum Gasteiger partial charge on any atom is 0.178 e.